The molecule has 3 N–H and O–H groups in total. The van der Waals surface area contributed by atoms with Crippen LogP contribution >= 0.6 is 23.2 Å². The molecule has 2 aromatic carbocycles. The minimum absolute atomic E-state index is 0.177. The zero-order chi connectivity index (χ0) is 17.8. The second kappa shape index (κ2) is 8.00. The summed E-state index contributed by atoms with van der Waals surface area (Å²) in [4.78, 5) is 16.7. The molecule has 0 saturated heterocycles. The number of hydrogen-bond donors (Lipinski definition) is 2. The van der Waals surface area contributed by atoms with Crippen molar-refractivity contribution >= 4 is 40.5 Å². The fourth-order valence-corrected chi connectivity index (χ4v) is 3.34. The third kappa shape index (κ3) is 4.60. The van der Waals surface area contributed by atoms with E-state index in [2.05, 4.69) is 10.3 Å². The SMILES string of the molecule is NC(CC1=Nc2ccccc2C1)C(=O)NCCc1ccc(Cl)cc1Cl. The molecule has 4 nitrogen and oxygen atoms in total. The Balaban J connectivity index is 1.47. The van der Waals surface area contributed by atoms with Gasteiger partial charge >= 0.3 is 0 Å². The molecular weight excluding hydrogens is 357 g/mol. The minimum atomic E-state index is -0.603. The maximum Gasteiger partial charge on any atom is 0.237 e. The normalized spacial score (nSPS) is 14.0. The number of carbonyl (C=O) groups excluding carboxylic acids is 1. The van der Waals surface area contributed by atoms with Crippen molar-refractivity contribution in [2.45, 2.75) is 25.3 Å². The van der Waals surface area contributed by atoms with Crippen LogP contribution in [0, 0.1) is 0 Å². The fourth-order valence-electron chi connectivity index (χ4n) is 2.84. The first-order chi connectivity index (χ1) is 12.0. The Morgan fingerprint density at radius 3 is 2.80 bits per heavy atom. The number of rotatable bonds is 6. The van der Waals surface area contributed by atoms with Crippen molar-refractivity contribution in [3.63, 3.8) is 0 Å². The van der Waals surface area contributed by atoms with E-state index in [0.717, 1.165) is 23.4 Å². The standard InChI is InChI=1S/C19H19Cl2N3O/c20-14-6-5-12(16(21)10-14)7-8-23-19(25)17(22)11-15-9-13-3-1-2-4-18(13)24-15/h1-6,10,17H,7-9,11,22H2,(H,23,25). The van der Waals surface area contributed by atoms with Crippen molar-refractivity contribution in [3.05, 3.63) is 63.6 Å². The lowest BCUT2D eigenvalue weighted by Crippen LogP contribution is -2.42. The molecule has 0 aromatic heterocycles. The molecule has 1 aliphatic rings. The van der Waals surface area contributed by atoms with Crippen LogP contribution in [0.3, 0.4) is 0 Å². The van der Waals surface area contributed by atoms with Gasteiger partial charge in [-0.1, -0.05) is 47.5 Å². The Hall–Kier alpha value is -1.88. The second-order valence-electron chi connectivity index (χ2n) is 6.07. The highest BCUT2D eigenvalue weighted by Crippen LogP contribution is 2.27. The number of aliphatic imine (C=N–C) groups is 1. The molecule has 6 heteroatoms. The molecule has 0 spiro atoms. The Labute approximate surface area is 157 Å². The number of amides is 1. The molecule has 0 fully saturated rings. The summed E-state index contributed by atoms with van der Waals surface area (Å²) >= 11 is 12.0. The molecule has 130 valence electrons. The molecule has 0 saturated carbocycles. The smallest absolute Gasteiger partial charge is 0.237 e. The van der Waals surface area contributed by atoms with Crippen molar-refractivity contribution in [2.24, 2.45) is 10.7 Å². The van der Waals surface area contributed by atoms with E-state index in [4.69, 9.17) is 28.9 Å². The number of nitrogens with two attached hydrogens (primary N) is 1. The van der Waals surface area contributed by atoms with E-state index in [1.54, 1.807) is 12.1 Å². The molecule has 1 aliphatic heterocycles. The first-order valence-electron chi connectivity index (χ1n) is 8.14. The number of hydrogen-bond acceptors (Lipinski definition) is 3. The first-order valence-corrected chi connectivity index (χ1v) is 8.90. The summed E-state index contributed by atoms with van der Waals surface area (Å²) in [5.41, 5.74) is 10.1. The number of benzene rings is 2. The zero-order valence-electron chi connectivity index (χ0n) is 13.6. The van der Waals surface area contributed by atoms with E-state index in [9.17, 15) is 4.79 Å². The summed E-state index contributed by atoms with van der Waals surface area (Å²) in [5, 5.41) is 4.05. The number of fused-ring (bicyclic) bond motifs is 1. The highest BCUT2D eigenvalue weighted by molar-refractivity contribution is 6.35. The number of nitrogens with one attached hydrogen (secondary N) is 1. The highest BCUT2D eigenvalue weighted by Gasteiger charge is 2.20. The van der Waals surface area contributed by atoms with Gasteiger partial charge in [0.1, 0.15) is 0 Å². The molecule has 2 aromatic rings. The maximum atomic E-state index is 12.2. The fraction of sp³-hybridized carbons (Fsp3) is 0.263. The first kappa shape index (κ1) is 17.9. The van der Waals surface area contributed by atoms with Gasteiger partial charge in [-0.05, 0) is 35.7 Å². The van der Waals surface area contributed by atoms with Gasteiger partial charge in [0, 0.05) is 35.1 Å². The summed E-state index contributed by atoms with van der Waals surface area (Å²) < 4.78 is 0. The third-order valence-electron chi connectivity index (χ3n) is 4.17. The van der Waals surface area contributed by atoms with Crippen molar-refractivity contribution in [2.75, 3.05) is 6.54 Å². The van der Waals surface area contributed by atoms with E-state index in [0.29, 0.717) is 29.4 Å². The summed E-state index contributed by atoms with van der Waals surface area (Å²) in [5.74, 6) is -0.177. The van der Waals surface area contributed by atoms with Crippen LogP contribution in [0.2, 0.25) is 10.0 Å². The van der Waals surface area contributed by atoms with Gasteiger partial charge in [0.2, 0.25) is 5.91 Å². The summed E-state index contributed by atoms with van der Waals surface area (Å²) in [7, 11) is 0. The number of para-hydroxylation sites is 1. The van der Waals surface area contributed by atoms with Crippen LogP contribution in [0.25, 0.3) is 0 Å². The lowest BCUT2D eigenvalue weighted by molar-refractivity contribution is -0.122. The zero-order valence-corrected chi connectivity index (χ0v) is 15.1. The van der Waals surface area contributed by atoms with Gasteiger partial charge in [0.05, 0.1) is 11.7 Å². The number of halogens is 2. The van der Waals surface area contributed by atoms with E-state index >= 15 is 0 Å². The molecule has 1 atom stereocenters. The Morgan fingerprint density at radius 2 is 2.04 bits per heavy atom. The predicted octanol–water partition coefficient (Wildman–Crippen LogP) is 3.70. The molecule has 1 heterocycles. The molecule has 3 rings (SSSR count). The average Bonchev–Trinajstić information content (AvgIpc) is 2.98. The van der Waals surface area contributed by atoms with E-state index in [1.807, 2.05) is 30.3 Å². The average molecular weight is 376 g/mol. The van der Waals surface area contributed by atoms with Crippen LogP contribution in [0.1, 0.15) is 17.5 Å². The van der Waals surface area contributed by atoms with E-state index < -0.39 is 6.04 Å². The van der Waals surface area contributed by atoms with Gasteiger partial charge in [-0.25, -0.2) is 0 Å². The predicted molar refractivity (Wildman–Crippen MR) is 103 cm³/mol. The molecule has 0 bridgehead atoms. The third-order valence-corrected chi connectivity index (χ3v) is 4.75. The van der Waals surface area contributed by atoms with Crippen LogP contribution in [0.4, 0.5) is 5.69 Å². The largest absolute Gasteiger partial charge is 0.354 e. The lowest BCUT2D eigenvalue weighted by Gasteiger charge is -2.12. The van der Waals surface area contributed by atoms with Crippen molar-refractivity contribution in [1.29, 1.82) is 0 Å². The van der Waals surface area contributed by atoms with E-state index in [-0.39, 0.29) is 5.91 Å². The van der Waals surface area contributed by atoms with Gasteiger partial charge in [-0.15, -0.1) is 0 Å². The topological polar surface area (TPSA) is 67.5 Å². The van der Waals surface area contributed by atoms with Crippen LogP contribution < -0.4 is 11.1 Å². The minimum Gasteiger partial charge on any atom is -0.354 e. The van der Waals surface area contributed by atoms with Gasteiger partial charge in [0.25, 0.3) is 0 Å². The summed E-state index contributed by atoms with van der Waals surface area (Å²) in [6.07, 6.45) is 1.85. The monoisotopic (exact) mass is 375 g/mol. The Morgan fingerprint density at radius 1 is 1.24 bits per heavy atom. The van der Waals surface area contributed by atoms with Crippen molar-refractivity contribution < 1.29 is 4.79 Å². The number of nitrogens with zero attached hydrogens (tertiary/aromatic N) is 1. The molecular formula is C19H19Cl2N3O. The maximum absolute atomic E-state index is 12.2. The van der Waals surface area contributed by atoms with Gasteiger partial charge in [-0.2, -0.15) is 0 Å². The second-order valence-corrected chi connectivity index (χ2v) is 6.91. The lowest BCUT2D eigenvalue weighted by atomic mass is 10.0. The van der Waals surface area contributed by atoms with Crippen molar-refractivity contribution in [1.82, 2.24) is 5.32 Å². The molecule has 0 aliphatic carbocycles. The van der Waals surface area contributed by atoms with Crippen LogP contribution in [-0.4, -0.2) is 24.2 Å². The molecule has 25 heavy (non-hydrogen) atoms. The van der Waals surface area contributed by atoms with Crippen LogP contribution in [0.15, 0.2) is 47.5 Å². The summed E-state index contributed by atoms with van der Waals surface area (Å²) in [6, 6.07) is 12.7. The van der Waals surface area contributed by atoms with Gasteiger partial charge in [-0.3, -0.25) is 9.79 Å². The molecule has 0 radical (unpaired) electrons. The van der Waals surface area contributed by atoms with Gasteiger partial charge in [0.15, 0.2) is 0 Å². The van der Waals surface area contributed by atoms with Crippen molar-refractivity contribution in [3.8, 4) is 0 Å². The molecule has 1 amide bonds. The molecule has 1 unspecified atom stereocenters. The summed E-state index contributed by atoms with van der Waals surface area (Å²) in [6.45, 7) is 0.473. The Kier molecular flexibility index (Phi) is 5.74. The van der Waals surface area contributed by atoms with Crippen LogP contribution in [-0.2, 0) is 17.6 Å². The van der Waals surface area contributed by atoms with E-state index in [1.165, 1.54) is 5.56 Å². The Bertz CT molecular complexity index is 820. The van der Waals surface area contributed by atoms with Crippen LogP contribution in [0.5, 0.6) is 0 Å². The van der Waals surface area contributed by atoms with Gasteiger partial charge < -0.3 is 11.1 Å². The highest BCUT2D eigenvalue weighted by atomic mass is 35.5. The number of carbonyl (C=O) groups is 1. The quantitative estimate of drug-likeness (QED) is 0.807.